The Balaban J connectivity index is 1.52. The topological polar surface area (TPSA) is 65.5 Å². The summed E-state index contributed by atoms with van der Waals surface area (Å²) in [6, 6.07) is 6.96. The zero-order chi connectivity index (χ0) is 20.7. The van der Waals surface area contributed by atoms with Crippen molar-refractivity contribution in [2.24, 2.45) is 5.92 Å². The standard InChI is InChI=1S/C22H25FN4O2/c1-13-4-5-16(9-19(13)14-8-15(23)12-24-11-14)25-22(29)27-17-6-7-18(20(27)10-17)21(28)26(2)3/h4-5,8-9,11-12,17-18,20H,6-7,10H2,1-3H3,(H,25,29)/t17-,18?,20-/m1/s1. The highest BCUT2D eigenvalue weighted by Gasteiger charge is 2.52. The van der Waals surface area contributed by atoms with Crippen LogP contribution in [-0.4, -0.2) is 52.9 Å². The van der Waals surface area contributed by atoms with Crippen LogP contribution in [0.25, 0.3) is 11.1 Å². The van der Waals surface area contributed by atoms with Gasteiger partial charge in [-0.05, 0) is 55.5 Å². The van der Waals surface area contributed by atoms with Crippen molar-refractivity contribution in [3.05, 3.63) is 48.0 Å². The van der Waals surface area contributed by atoms with E-state index < -0.39 is 5.82 Å². The summed E-state index contributed by atoms with van der Waals surface area (Å²) in [6.45, 7) is 1.93. The number of urea groups is 1. The molecule has 1 aromatic heterocycles. The fourth-order valence-electron chi connectivity index (χ4n) is 4.51. The number of nitrogens with zero attached hydrogens (tertiary/aromatic N) is 3. The number of carbonyl (C=O) groups excluding carboxylic acids is 2. The molecule has 0 aliphatic carbocycles. The molecule has 1 N–H and O–H groups in total. The molecule has 4 rings (SSSR count). The molecular weight excluding hydrogens is 371 g/mol. The van der Waals surface area contributed by atoms with Gasteiger partial charge in [0.25, 0.3) is 0 Å². The van der Waals surface area contributed by atoms with Gasteiger partial charge < -0.3 is 15.1 Å². The van der Waals surface area contributed by atoms with Crippen LogP contribution >= 0.6 is 0 Å². The maximum atomic E-state index is 13.6. The maximum Gasteiger partial charge on any atom is 0.322 e. The smallest absolute Gasteiger partial charge is 0.322 e. The Kier molecular flexibility index (Phi) is 4.98. The molecule has 2 fully saturated rings. The average Bonchev–Trinajstić information content (AvgIpc) is 2.68. The molecule has 3 heterocycles. The number of carbonyl (C=O) groups is 2. The molecule has 3 atom stereocenters. The minimum Gasteiger partial charge on any atom is -0.349 e. The van der Waals surface area contributed by atoms with Gasteiger partial charge >= 0.3 is 6.03 Å². The third-order valence-electron chi connectivity index (χ3n) is 6.04. The van der Waals surface area contributed by atoms with Crippen LogP contribution in [-0.2, 0) is 4.79 Å². The first-order chi connectivity index (χ1) is 13.8. The normalized spacial score (nSPS) is 22.6. The second-order valence-electron chi connectivity index (χ2n) is 8.13. The number of piperidine rings is 1. The number of nitrogens with one attached hydrogen (secondary N) is 1. The van der Waals surface area contributed by atoms with Gasteiger partial charge in [0, 0.05) is 43.6 Å². The highest BCUT2D eigenvalue weighted by molar-refractivity contribution is 5.92. The van der Waals surface area contributed by atoms with Crippen molar-refractivity contribution < 1.29 is 14.0 Å². The fraction of sp³-hybridized carbons (Fsp3) is 0.409. The highest BCUT2D eigenvalue weighted by Crippen LogP contribution is 2.43. The molecule has 3 amide bonds. The SMILES string of the molecule is Cc1ccc(NC(=O)N2[C@@H]3CCC(C(=O)N(C)C)[C@H]2C3)cc1-c1cncc(F)c1. The first-order valence-corrected chi connectivity index (χ1v) is 9.87. The number of aromatic nitrogens is 1. The summed E-state index contributed by atoms with van der Waals surface area (Å²) in [5.74, 6) is -0.448. The zero-order valence-electron chi connectivity index (χ0n) is 16.9. The zero-order valence-corrected chi connectivity index (χ0v) is 16.9. The average molecular weight is 396 g/mol. The van der Waals surface area contributed by atoms with Crippen molar-refractivity contribution in [1.82, 2.24) is 14.8 Å². The summed E-state index contributed by atoms with van der Waals surface area (Å²) in [4.78, 5) is 32.7. The molecule has 2 bridgehead atoms. The van der Waals surface area contributed by atoms with E-state index in [0.717, 1.165) is 30.4 Å². The number of rotatable bonds is 3. The van der Waals surface area contributed by atoms with Crippen LogP contribution in [0.1, 0.15) is 24.8 Å². The number of aryl methyl sites for hydroxylation is 1. The third-order valence-corrected chi connectivity index (χ3v) is 6.04. The van der Waals surface area contributed by atoms with E-state index in [1.165, 1.54) is 12.3 Å². The van der Waals surface area contributed by atoms with E-state index in [4.69, 9.17) is 0 Å². The van der Waals surface area contributed by atoms with Crippen molar-refractivity contribution in [3.8, 4) is 11.1 Å². The van der Waals surface area contributed by atoms with E-state index in [1.54, 1.807) is 25.2 Å². The molecule has 0 saturated carbocycles. The van der Waals surface area contributed by atoms with Crippen LogP contribution in [0, 0.1) is 18.7 Å². The predicted octanol–water partition coefficient (Wildman–Crippen LogP) is 3.67. The number of anilines is 1. The lowest BCUT2D eigenvalue weighted by atomic mass is 9.72. The van der Waals surface area contributed by atoms with Crippen molar-refractivity contribution in [1.29, 1.82) is 0 Å². The van der Waals surface area contributed by atoms with Crippen LogP contribution in [0.3, 0.4) is 0 Å². The lowest BCUT2D eigenvalue weighted by Crippen LogP contribution is -2.67. The Labute approximate surface area is 169 Å². The van der Waals surface area contributed by atoms with E-state index in [1.807, 2.05) is 30.0 Å². The fourth-order valence-corrected chi connectivity index (χ4v) is 4.51. The van der Waals surface area contributed by atoms with E-state index in [2.05, 4.69) is 10.3 Å². The minimum absolute atomic E-state index is 0.0408. The largest absolute Gasteiger partial charge is 0.349 e. The van der Waals surface area contributed by atoms with Crippen molar-refractivity contribution in [3.63, 3.8) is 0 Å². The Hall–Kier alpha value is -2.96. The Morgan fingerprint density at radius 3 is 2.69 bits per heavy atom. The number of pyridine rings is 1. The molecule has 0 spiro atoms. The summed E-state index contributed by atoms with van der Waals surface area (Å²) in [5.41, 5.74) is 3.09. The maximum absolute atomic E-state index is 13.6. The quantitative estimate of drug-likeness (QED) is 0.861. The van der Waals surface area contributed by atoms with Gasteiger partial charge in [-0.15, -0.1) is 0 Å². The summed E-state index contributed by atoms with van der Waals surface area (Å²) in [7, 11) is 3.51. The molecule has 1 unspecified atom stereocenters. The number of benzene rings is 1. The summed E-state index contributed by atoms with van der Waals surface area (Å²) < 4.78 is 13.6. The first-order valence-electron chi connectivity index (χ1n) is 9.87. The van der Waals surface area contributed by atoms with Gasteiger partial charge in [-0.25, -0.2) is 9.18 Å². The van der Waals surface area contributed by atoms with Gasteiger partial charge in [-0.2, -0.15) is 0 Å². The molecular formula is C22H25FN4O2. The molecule has 29 heavy (non-hydrogen) atoms. The van der Waals surface area contributed by atoms with Crippen molar-refractivity contribution in [2.75, 3.05) is 19.4 Å². The van der Waals surface area contributed by atoms with Gasteiger partial charge in [-0.1, -0.05) is 6.07 Å². The first kappa shape index (κ1) is 19.4. The molecule has 2 aliphatic heterocycles. The molecule has 2 saturated heterocycles. The summed E-state index contributed by atoms with van der Waals surface area (Å²) in [5, 5.41) is 2.96. The van der Waals surface area contributed by atoms with Gasteiger partial charge in [0.2, 0.25) is 5.91 Å². The predicted molar refractivity (Wildman–Crippen MR) is 109 cm³/mol. The molecule has 2 aromatic rings. The van der Waals surface area contributed by atoms with E-state index in [-0.39, 0.29) is 29.9 Å². The molecule has 6 nitrogen and oxygen atoms in total. The van der Waals surface area contributed by atoms with Crippen LogP contribution in [0.5, 0.6) is 0 Å². The number of halogens is 1. The lowest BCUT2D eigenvalue weighted by Gasteiger charge is -2.55. The van der Waals surface area contributed by atoms with Crippen LogP contribution < -0.4 is 5.32 Å². The second-order valence-corrected chi connectivity index (χ2v) is 8.13. The summed E-state index contributed by atoms with van der Waals surface area (Å²) >= 11 is 0. The van der Waals surface area contributed by atoms with E-state index in [9.17, 15) is 14.0 Å². The van der Waals surface area contributed by atoms with Crippen LogP contribution in [0.4, 0.5) is 14.9 Å². The highest BCUT2D eigenvalue weighted by atomic mass is 19.1. The van der Waals surface area contributed by atoms with Gasteiger partial charge in [0.05, 0.1) is 12.1 Å². The lowest BCUT2D eigenvalue weighted by molar-refractivity contribution is -0.142. The monoisotopic (exact) mass is 396 g/mol. The molecule has 7 heteroatoms. The molecule has 0 radical (unpaired) electrons. The van der Waals surface area contributed by atoms with E-state index >= 15 is 0 Å². The number of fused-ring (bicyclic) bond motifs is 2. The minimum atomic E-state index is -0.402. The van der Waals surface area contributed by atoms with Gasteiger partial charge in [-0.3, -0.25) is 9.78 Å². The Morgan fingerprint density at radius 2 is 2.00 bits per heavy atom. The molecule has 1 aromatic carbocycles. The van der Waals surface area contributed by atoms with E-state index in [0.29, 0.717) is 11.3 Å². The number of hydrogen-bond donors (Lipinski definition) is 1. The van der Waals surface area contributed by atoms with Crippen molar-refractivity contribution in [2.45, 2.75) is 38.3 Å². The molecule has 152 valence electrons. The van der Waals surface area contributed by atoms with Gasteiger partial charge in [0.15, 0.2) is 0 Å². The summed E-state index contributed by atoms with van der Waals surface area (Å²) in [6.07, 6.45) is 5.33. The molecule has 2 aliphatic rings. The second kappa shape index (κ2) is 7.46. The Bertz CT molecular complexity index is 960. The van der Waals surface area contributed by atoms with Gasteiger partial charge in [0.1, 0.15) is 5.82 Å². The van der Waals surface area contributed by atoms with Crippen LogP contribution in [0.2, 0.25) is 0 Å². The number of hydrogen-bond acceptors (Lipinski definition) is 3. The van der Waals surface area contributed by atoms with Crippen molar-refractivity contribution >= 4 is 17.6 Å². The number of amides is 3. The Morgan fingerprint density at radius 1 is 1.21 bits per heavy atom. The third kappa shape index (κ3) is 3.57. The van der Waals surface area contributed by atoms with Crippen LogP contribution in [0.15, 0.2) is 36.7 Å².